The molecule has 0 aromatic carbocycles. The lowest BCUT2D eigenvalue weighted by atomic mass is 9.79. The number of thioether (sulfide) groups is 1. The Kier molecular flexibility index (Phi) is 17.5. The molecule has 8 aliphatic heterocycles. The fraction of sp³-hybridized carbons (Fsp3) is 0.879. The Labute approximate surface area is 447 Å². The maximum absolute atomic E-state index is 15.5. The van der Waals surface area contributed by atoms with E-state index in [4.69, 9.17) is 58.1 Å². The molecule has 15 heteroatoms. The number of rotatable bonds is 11. The number of esters is 1. The van der Waals surface area contributed by atoms with E-state index in [0.717, 1.165) is 51.6 Å². The SMILES string of the molecule is C=C1[C@H]2OC(=O)[C@](C)(OCSC)C[C@@H]3CC[C@@H](O[Si](C)(C)C(C)(C)C)[C@]4(C=C(C)C[C@H](O4)[C@H](C)C=C[C@H]4CC[C@@]5(CC[C@@H](O[C@@H]1[C@H](C[C@H](C)[C@H]1O[C@@]6(CCCCO6)CC[C@H]1C)O[Si](C)(C)C(C)(C)C)[C@H]2O5)O4)O3. The van der Waals surface area contributed by atoms with E-state index in [1.54, 1.807) is 0 Å². The molecular weight excluding hydrogens is 977 g/mol. The van der Waals surface area contributed by atoms with Gasteiger partial charge in [-0.25, -0.2) is 4.79 Å². The Morgan fingerprint density at radius 3 is 2.25 bits per heavy atom. The third-order valence-electron chi connectivity index (χ3n) is 19.1. The molecule has 0 aliphatic carbocycles. The van der Waals surface area contributed by atoms with Crippen LogP contribution in [0.5, 0.6) is 0 Å². The third kappa shape index (κ3) is 12.4. The van der Waals surface area contributed by atoms with Crippen LogP contribution < -0.4 is 0 Å². The zero-order chi connectivity index (χ0) is 53.2. The van der Waals surface area contributed by atoms with Gasteiger partial charge in [0.1, 0.15) is 18.3 Å². The van der Waals surface area contributed by atoms with Gasteiger partial charge in [0.25, 0.3) is 0 Å². The maximum atomic E-state index is 15.5. The third-order valence-corrected chi connectivity index (χ3v) is 28.5. The van der Waals surface area contributed by atoms with Crippen molar-refractivity contribution >= 4 is 34.4 Å². The van der Waals surface area contributed by atoms with Crippen molar-refractivity contribution in [1.82, 2.24) is 0 Å². The van der Waals surface area contributed by atoms with E-state index >= 15 is 4.79 Å². The predicted molar refractivity (Wildman–Crippen MR) is 293 cm³/mol. The van der Waals surface area contributed by atoms with Crippen LogP contribution in [-0.4, -0.2) is 125 Å². The molecule has 0 aromatic heterocycles. The number of carbonyl (C=O) groups excluding carboxylic acids is 1. The molecule has 8 rings (SSSR count). The first kappa shape index (κ1) is 58.2. The minimum atomic E-state index is -2.42. The van der Waals surface area contributed by atoms with E-state index in [1.165, 1.54) is 17.3 Å². The molecule has 0 aromatic rings. The van der Waals surface area contributed by atoms with Crippen LogP contribution in [0.3, 0.4) is 0 Å². The van der Waals surface area contributed by atoms with Crippen LogP contribution in [-0.2, 0) is 56.3 Å². The Balaban J connectivity index is 1.15. The molecule has 0 amide bonds. The highest BCUT2D eigenvalue weighted by Gasteiger charge is 2.59. The highest BCUT2D eigenvalue weighted by Crippen LogP contribution is 2.51. The average molecular weight is 1080 g/mol. The van der Waals surface area contributed by atoms with Crippen molar-refractivity contribution in [2.24, 2.45) is 17.8 Å². The van der Waals surface area contributed by atoms with Gasteiger partial charge in [-0.1, -0.05) is 86.6 Å². The molecule has 416 valence electrons. The highest BCUT2D eigenvalue weighted by molar-refractivity contribution is 7.98. The monoisotopic (exact) mass is 1070 g/mol. The van der Waals surface area contributed by atoms with E-state index in [-0.39, 0.29) is 58.7 Å². The van der Waals surface area contributed by atoms with Crippen molar-refractivity contribution in [1.29, 1.82) is 0 Å². The van der Waals surface area contributed by atoms with Crippen molar-refractivity contribution in [3.63, 3.8) is 0 Å². The quantitative estimate of drug-likeness (QED) is 0.0846. The van der Waals surface area contributed by atoms with Crippen LogP contribution in [0.15, 0.2) is 36.0 Å². The van der Waals surface area contributed by atoms with Crippen LogP contribution in [0.1, 0.15) is 166 Å². The van der Waals surface area contributed by atoms with Crippen molar-refractivity contribution in [2.75, 3.05) is 18.8 Å². The summed E-state index contributed by atoms with van der Waals surface area (Å²) < 4.78 is 78.2. The van der Waals surface area contributed by atoms with Gasteiger partial charge in [-0.05, 0) is 138 Å². The molecule has 6 fully saturated rings. The lowest BCUT2D eigenvalue weighted by molar-refractivity contribution is -0.323. The molecule has 73 heavy (non-hydrogen) atoms. The first-order chi connectivity index (χ1) is 34.0. The molecular formula is C58H98O12SSi2. The second-order valence-corrected chi connectivity index (χ2v) is 37.5. The lowest BCUT2D eigenvalue weighted by Gasteiger charge is -2.53. The normalized spacial score (nSPS) is 41.9. The van der Waals surface area contributed by atoms with Crippen LogP contribution in [0.2, 0.25) is 36.3 Å². The van der Waals surface area contributed by atoms with Crippen molar-refractivity contribution in [2.45, 2.75) is 286 Å². The number of fused-ring (bicyclic) bond motifs is 3. The summed E-state index contributed by atoms with van der Waals surface area (Å²) in [4.78, 5) is 15.5. The van der Waals surface area contributed by atoms with Crippen molar-refractivity contribution < 1.29 is 56.3 Å². The minimum absolute atomic E-state index is 0.0214. The molecule has 6 bridgehead atoms. The summed E-state index contributed by atoms with van der Waals surface area (Å²) >= 11 is 1.53. The molecule has 3 spiro atoms. The average Bonchev–Trinajstić information content (AvgIpc) is 3.70. The molecule has 6 saturated heterocycles. The van der Waals surface area contributed by atoms with Crippen LogP contribution >= 0.6 is 11.8 Å². The van der Waals surface area contributed by atoms with Gasteiger partial charge >= 0.3 is 5.97 Å². The molecule has 0 saturated carbocycles. The molecule has 0 N–H and O–H groups in total. The van der Waals surface area contributed by atoms with Crippen molar-refractivity contribution in [3.8, 4) is 0 Å². The zero-order valence-electron chi connectivity index (χ0n) is 48.1. The summed E-state index contributed by atoms with van der Waals surface area (Å²) in [5, 5.41) is -0.104. The van der Waals surface area contributed by atoms with Gasteiger partial charge in [0.2, 0.25) is 5.79 Å². The first-order valence-corrected chi connectivity index (χ1v) is 35.7. The molecule has 17 atom stereocenters. The summed E-state index contributed by atoms with van der Waals surface area (Å²) in [5.41, 5.74) is 0.431. The van der Waals surface area contributed by atoms with Gasteiger partial charge in [-0.3, -0.25) is 0 Å². The Bertz CT molecular complexity index is 2010. The second kappa shape index (κ2) is 22.0. The van der Waals surface area contributed by atoms with Gasteiger partial charge in [-0.2, -0.15) is 0 Å². The van der Waals surface area contributed by atoms with Crippen molar-refractivity contribution in [3.05, 3.63) is 36.0 Å². The van der Waals surface area contributed by atoms with E-state index in [9.17, 15) is 0 Å². The topological polar surface area (TPSA) is 119 Å². The summed E-state index contributed by atoms with van der Waals surface area (Å²) in [6.07, 6.45) is 15.6. The van der Waals surface area contributed by atoms with E-state index in [2.05, 4.69) is 114 Å². The molecule has 0 radical (unpaired) electrons. The molecule has 12 nitrogen and oxygen atoms in total. The summed E-state index contributed by atoms with van der Waals surface area (Å²) in [5.74, 6) is -2.23. The van der Waals surface area contributed by atoms with Gasteiger partial charge in [0.15, 0.2) is 39.9 Å². The first-order valence-electron chi connectivity index (χ1n) is 28.5. The second-order valence-electron chi connectivity index (χ2n) is 27.2. The maximum Gasteiger partial charge on any atom is 0.338 e. The summed E-state index contributed by atoms with van der Waals surface area (Å²) in [7, 11) is -4.71. The molecule has 0 unspecified atom stereocenters. The molecule has 8 aliphatic rings. The Morgan fingerprint density at radius 2 is 1.56 bits per heavy atom. The fourth-order valence-electron chi connectivity index (χ4n) is 12.5. The number of hydrogen-bond donors (Lipinski definition) is 0. The fourth-order valence-corrected chi connectivity index (χ4v) is 15.6. The van der Waals surface area contributed by atoms with Crippen LogP contribution in [0.25, 0.3) is 0 Å². The van der Waals surface area contributed by atoms with Crippen LogP contribution in [0.4, 0.5) is 0 Å². The van der Waals surface area contributed by atoms with E-state index in [0.29, 0.717) is 50.0 Å². The predicted octanol–water partition coefficient (Wildman–Crippen LogP) is 13.1. The largest absolute Gasteiger partial charge is 0.453 e. The standard InChI is InChI=1S/C58H98O12SSi2/c1-37-32-45-38(2)20-21-42-25-29-57(64-42)30-26-44-51(68-57)50(63-52(59)55(12,61-36-71-13)35-43-22-23-47(58(34-37,65-43)66-45)70-73(16,17)54(9,10)11)41(5)49(62-44)46(69-72(14,15)53(6,7)8)33-40(4)48-39(3)24-28-56(67-48)27-18-19-31-60-56/h20-21,34,38-40,42-51H,5,18-19,22-33,35-36H2,1-4,6-17H3/t38-,39-,40+,42+,43+,44-,45+,46+,47-,48+,49+,50-,51-,55-,56+,57-,58-/m1/s1. The Hall–Kier alpha value is -0.926. The highest BCUT2D eigenvalue weighted by atomic mass is 32.2. The number of carbonyl (C=O) groups is 1. The number of ether oxygens (including phenoxy) is 9. The van der Waals surface area contributed by atoms with E-state index in [1.807, 2.05) is 13.2 Å². The minimum Gasteiger partial charge on any atom is -0.453 e. The lowest BCUT2D eigenvalue weighted by Crippen LogP contribution is -2.63. The van der Waals surface area contributed by atoms with Gasteiger partial charge < -0.3 is 51.5 Å². The summed E-state index contributed by atoms with van der Waals surface area (Å²) in [6, 6.07) is 0. The van der Waals surface area contributed by atoms with Gasteiger partial charge in [0, 0.05) is 38.0 Å². The molecule has 8 heterocycles. The zero-order valence-corrected chi connectivity index (χ0v) is 50.9. The van der Waals surface area contributed by atoms with Gasteiger partial charge in [-0.15, -0.1) is 11.8 Å². The number of hydrogen-bond acceptors (Lipinski definition) is 13. The van der Waals surface area contributed by atoms with E-state index < -0.39 is 82.2 Å². The Morgan fingerprint density at radius 1 is 0.849 bits per heavy atom. The summed E-state index contributed by atoms with van der Waals surface area (Å²) in [6.45, 7) is 39.3. The van der Waals surface area contributed by atoms with Crippen LogP contribution in [0, 0.1) is 17.8 Å². The smallest absolute Gasteiger partial charge is 0.338 e. The van der Waals surface area contributed by atoms with Gasteiger partial charge in [0.05, 0.1) is 49.2 Å².